The van der Waals surface area contributed by atoms with E-state index >= 15 is 0 Å². The molecule has 0 atom stereocenters. The minimum atomic E-state index is -3.37. The lowest BCUT2D eigenvalue weighted by atomic mass is 10.1. The Bertz CT molecular complexity index is 680. The number of carbonyl (C=O) groups excluding carboxylic acids is 1. The predicted octanol–water partition coefficient (Wildman–Crippen LogP) is 1.46. The number of piperazine rings is 1. The minimum Gasteiger partial charge on any atom is -0.326 e. The number of carbonyl (C=O) groups is 1. The maximum absolute atomic E-state index is 12.4. The number of nitrogens with zero attached hydrogens (tertiary/aromatic N) is 2. The molecular weight excluding hydrogens is 326 g/mol. The summed E-state index contributed by atoms with van der Waals surface area (Å²) in [6.45, 7) is 6.43. The molecule has 7 heteroatoms. The molecule has 0 aliphatic carbocycles. The number of nitrogens with one attached hydrogen (secondary N) is 1. The Kier molecular flexibility index (Phi) is 6.37. The van der Waals surface area contributed by atoms with E-state index in [4.69, 9.17) is 0 Å². The van der Waals surface area contributed by atoms with Crippen LogP contribution in [0.25, 0.3) is 0 Å². The van der Waals surface area contributed by atoms with E-state index in [1.807, 2.05) is 39.1 Å². The highest BCUT2D eigenvalue weighted by atomic mass is 32.2. The van der Waals surface area contributed by atoms with Gasteiger partial charge in [0.15, 0.2) is 0 Å². The summed E-state index contributed by atoms with van der Waals surface area (Å²) < 4.78 is 26.2. The molecule has 0 saturated carbocycles. The van der Waals surface area contributed by atoms with Crippen molar-refractivity contribution in [3.8, 4) is 0 Å². The van der Waals surface area contributed by atoms with Crippen molar-refractivity contribution in [3.05, 3.63) is 29.3 Å². The topological polar surface area (TPSA) is 69.7 Å². The van der Waals surface area contributed by atoms with Crippen LogP contribution in [0.1, 0.15) is 24.5 Å². The standard InChI is InChI=1S/C17H27N3O3S/c1-4-15-7-5-6-14(2)17(15)18-16(21)8-13-24(22,23)20-11-9-19(3)10-12-20/h5-7H,4,8-13H2,1-3H3,(H,18,21). The van der Waals surface area contributed by atoms with Gasteiger partial charge in [0.2, 0.25) is 15.9 Å². The van der Waals surface area contributed by atoms with Gasteiger partial charge in [-0.25, -0.2) is 8.42 Å². The van der Waals surface area contributed by atoms with Crippen LogP contribution in [0.15, 0.2) is 18.2 Å². The maximum atomic E-state index is 12.4. The van der Waals surface area contributed by atoms with Gasteiger partial charge in [-0.2, -0.15) is 4.31 Å². The van der Waals surface area contributed by atoms with Gasteiger partial charge in [-0.3, -0.25) is 4.79 Å². The normalized spacial score (nSPS) is 17.0. The van der Waals surface area contributed by atoms with Crippen LogP contribution in [0.2, 0.25) is 0 Å². The first-order chi connectivity index (χ1) is 11.3. The number of likely N-dealkylation sites (N-methyl/N-ethyl adjacent to an activating group) is 1. The van der Waals surface area contributed by atoms with Gasteiger partial charge in [-0.1, -0.05) is 25.1 Å². The Morgan fingerprint density at radius 2 is 1.88 bits per heavy atom. The van der Waals surface area contributed by atoms with Crippen molar-refractivity contribution >= 4 is 21.6 Å². The second kappa shape index (κ2) is 8.09. The molecule has 1 amide bonds. The molecule has 1 aromatic rings. The number of hydrogen-bond donors (Lipinski definition) is 1. The van der Waals surface area contributed by atoms with Gasteiger partial charge in [-0.15, -0.1) is 0 Å². The molecule has 1 fully saturated rings. The van der Waals surface area contributed by atoms with Gasteiger partial charge in [-0.05, 0) is 31.5 Å². The lowest BCUT2D eigenvalue weighted by Crippen LogP contribution is -2.48. The molecule has 0 spiro atoms. The fraction of sp³-hybridized carbons (Fsp3) is 0.588. The van der Waals surface area contributed by atoms with Crippen LogP contribution in [0, 0.1) is 6.92 Å². The highest BCUT2D eigenvalue weighted by molar-refractivity contribution is 7.89. The van der Waals surface area contributed by atoms with E-state index in [2.05, 4.69) is 10.2 Å². The van der Waals surface area contributed by atoms with E-state index < -0.39 is 10.0 Å². The van der Waals surface area contributed by atoms with Crippen LogP contribution >= 0.6 is 0 Å². The Morgan fingerprint density at radius 3 is 2.50 bits per heavy atom. The smallest absolute Gasteiger partial charge is 0.225 e. The fourth-order valence-corrected chi connectivity index (χ4v) is 4.24. The number of anilines is 1. The highest BCUT2D eigenvalue weighted by Gasteiger charge is 2.26. The number of benzene rings is 1. The molecule has 134 valence electrons. The number of hydrogen-bond acceptors (Lipinski definition) is 4. The summed E-state index contributed by atoms with van der Waals surface area (Å²) in [5, 5.41) is 2.88. The van der Waals surface area contributed by atoms with Crippen LogP contribution in [0.5, 0.6) is 0 Å². The van der Waals surface area contributed by atoms with E-state index in [-0.39, 0.29) is 18.1 Å². The Balaban J connectivity index is 1.94. The Morgan fingerprint density at radius 1 is 1.21 bits per heavy atom. The summed E-state index contributed by atoms with van der Waals surface area (Å²) in [6.07, 6.45) is 0.795. The first-order valence-electron chi connectivity index (χ1n) is 8.38. The average molecular weight is 353 g/mol. The van der Waals surface area contributed by atoms with Crippen LogP contribution in [0.3, 0.4) is 0 Å². The third kappa shape index (κ3) is 4.78. The second-order valence-electron chi connectivity index (χ2n) is 6.28. The zero-order chi connectivity index (χ0) is 17.7. The van der Waals surface area contributed by atoms with Crippen molar-refractivity contribution in [2.24, 2.45) is 0 Å². The van der Waals surface area contributed by atoms with Gasteiger partial charge in [0.25, 0.3) is 0 Å². The lowest BCUT2D eigenvalue weighted by Gasteiger charge is -2.31. The molecule has 1 saturated heterocycles. The minimum absolute atomic E-state index is 0.0217. The third-order valence-electron chi connectivity index (χ3n) is 4.45. The van der Waals surface area contributed by atoms with E-state index in [9.17, 15) is 13.2 Å². The van der Waals surface area contributed by atoms with Crippen LogP contribution in [-0.2, 0) is 21.2 Å². The fourth-order valence-electron chi connectivity index (χ4n) is 2.82. The quantitative estimate of drug-likeness (QED) is 0.841. The molecule has 0 radical (unpaired) electrons. The zero-order valence-corrected chi connectivity index (χ0v) is 15.5. The van der Waals surface area contributed by atoms with Crippen molar-refractivity contribution in [2.45, 2.75) is 26.7 Å². The largest absolute Gasteiger partial charge is 0.326 e. The van der Waals surface area contributed by atoms with E-state index in [1.54, 1.807) is 0 Å². The van der Waals surface area contributed by atoms with Crippen LogP contribution in [-0.4, -0.2) is 62.5 Å². The molecule has 2 rings (SSSR count). The van der Waals surface area contributed by atoms with E-state index in [0.29, 0.717) is 13.1 Å². The van der Waals surface area contributed by atoms with Gasteiger partial charge < -0.3 is 10.2 Å². The molecule has 24 heavy (non-hydrogen) atoms. The van der Waals surface area contributed by atoms with E-state index in [0.717, 1.165) is 36.3 Å². The number of rotatable bonds is 6. The van der Waals surface area contributed by atoms with Gasteiger partial charge >= 0.3 is 0 Å². The molecule has 1 heterocycles. The van der Waals surface area contributed by atoms with E-state index in [1.165, 1.54) is 4.31 Å². The van der Waals surface area contributed by atoms with Gasteiger partial charge in [0, 0.05) is 38.3 Å². The second-order valence-corrected chi connectivity index (χ2v) is 8.37. The van der Waals surface area contributed by atoms with Crippen LogP contribution < -0.4 is 5.32 Å². The molecular formula is C17H27N3O3S. The zero-order valence-electron chi connectivity index (χ0n) is 14.7. The van der Waals surface area contributed by atoms with Gasteiger partial charge in [0.05, 0.1) is 5.75 Å². The summed E-state index contributed by atoms with van der Waals surface area (Å²) in [5.41, 5.74) is 2.86. The number of para-hydroxylation sites is 1. The van der Waals surface area contributed by atoms with Crippen molar-refractivity contribution in [3.63, 3.8) is 0 Å². The summed E-state index contributed by atoms with van der Waals surface area (Å²) in [7, 11) is -1.40. The molecule has 1 aliphatic rings. The Hall–Kier alpha value is -1.44. The Labute approximate surface area is 144 Å². The van der Waals surface area contributed by atoms with Gasteiger partial charge in [0.1, 0.15) is 0 Å². The summed E-state index contributed by atoms with van der Waals surface area (Å²) in [6, 6.07) is 5.88. The number of sulfonamides is 1. The highest BCUT2D eigenvalue weighted by Crippen LogP contribution is 2.21. The van der Waals surface area contributed by atoms with Crippen molar-refractivity contribution < 1.29 is 13.2 Å². The molecule has 1 aliphatic heterocycles. The molecule has 0 aromatic heterocycles. The number of aryl methyl sites for hydroxylation is 2. The molecule has 1 N–H and O–H groups in total. The molecule has 1 aromatic carbocycles. The molecule has 0 bridgehead atoms. The average Bonchev–Trinajstić information content (AvgIpc) is 2.55. The van der Waals surface area contributed by atoms with Crippen LogP contribution in [0.4, 0.5) is 5.69 Å². The first-order valence-corrected chi connectivity index (χ1v) is 9.99. The van der Waals surface area contributed by atoms with Crippen molar-refractivity contribution in [1.82, 2.24) is 9.21 Å². The van der Waals surface area contributed by atoms with Crippen molar-refractivity contribution in [1.29, 1.82) is 0 Å². The monoisotopic (exact) mass is 353 g/mol. The summed E-state index contributed by atoms with van der Waals surface area (Å²) >= 11 is 0. The van der Waals surface area contributed by atoms with Crippen molar-refractivity contribution in [2.75, 3.05) is 44.3 Å². The predicted molar refractivity (Wildman–Crippen MR) is 96.7 cm³/mol. The summed E-state index contributed by atoms with van der Waals surface area (Å²) in [4.78, 5) is 14.3. The maximum Gasteiger partial charge on any atom is 0.225 e. The summed E-state index contributed by atoms with van der Waals surface area (Å²) in [5.74, 6) is -0.396. The third-order valence-corrected chi connectivity index (χ3v) is 6.32. The number of amides is 1. The molecule has 0 unspecified atom stereocenters. The lowest BCUT2D eigenvalue weighted by molar-refractivity contribution is -0.115. The first kappa shape index (κ1) is 18.9. The SMILES string of the molecule is CCc1cccc(C)c1NC(=O)CCS(=O)(=O)N1CCN(C)CC1. The molecule has 6 nitrogen and oxygen atoms in total.